The first-order chi connectivity index (χ1) is 13.8. The Morgan fingerprint density at radius 1 is 0.931 bits per heavy atom. The van der Waals surface area contributed by atoms with Crippen molar-refractivity contribution in [3.8, 4) is 0 Å². The van der Waals surface area contributed by atoms with Gasteiger partial charge in [0.25, 0.3) is 0 Å². The molecule has 0 aliphatic heterocycles. The number of benzene rings is 1. The van der Waals surface area contributed by atoms with Crippen molar-refractivity contribution in [2.24, 2.45) is 5.92 Å². The Bertz CT molecular complexity index is 737. The molecule has 29 heavy (non-hydrogen) atoms. The van der Waals surface area contributed by atoms with Gasteiger partial charge in [0, 0.05) is 17.8 Å². The van der Waals surface area contributed by atoms with Crippen molar-refractivity contribution in [1.29, 1.82) is 0 Å². The zero-order valence-corrected chi connectivity index (χ0v) is 20.3. The maximum absolute atomic E-state index is 6.13. The Hall–Kier alpha value is -1.96. The van der Waals surface area contributed by atoms with Crippen LogP contribution in [0.25, 0.3) is 5.57 Å². The van der Waals surface area contributed by atoms with Crippen LogP contribution in [0.2, 0.25) is 0 Å². The topological polar surface area (TPSA) is 21.3 Å². The summed E-state index contributed by atoms with van der Waals surface area (Å²) in [5.74, 6) is 1.54. The summed E-state index contributed by atoms with van der Waals surface area (Å²) in [4.78, 5) is 0. The average Bonchev–Trinajstić information content (AvgIpc) is 2.67. The van der Waals surface area contributed by atoms with E-state index in [-0.39, 0.29) is 0 Å². The van der Waals surface area contributed by atoms with Gasteiger partial charge in [-0.15, -0.1) is 0 Å². The molecule has 0 heterocycles. The van der Waals surface area contributed by atoms with Gasteiger partial charge < -0.3 is 10.1 Å². The third-order valence-electron chi connectivity index (χ3n) is 5.47. The van der Waals surface area contributed by atoms with Crippen molar-refractivity contribution in [1.82, 2.24) is 5.32 Å². The van der Waals surface area contributed by atoms with Crippen LogP contribution in [-0.2, 0) is 4.74 Å². The Balaban J connectivity index is 3.63. The second kappa shape index (κ2) is 12.6. The normalized spacial score (nSPS) is 14.3. The number of allylic oxidation sites excluding steroid dienone is 3. The van der Waals surface area contributed by atoms with Crippen LogP contribution in [0.4, 0.5) is 0 Å². The highest BCUT2D eigenvalue weighted by Gasteiger charge is 2.18. The minimum Gasteiger partial charge on any atom is -0.494 e. The van der Waals surface area contributed by atoms with Crippen molar-refractivity contribution in [3.63, 3.8) is 0 Å². The van der Waals surface area contributed by atoms with Gasteiger partial charge in [-0.3, -0.25) is 0 Å². The number of nitrogens with one attached hydrogen (secondary N) is 1. The van der Waals surface area contributed by atoms with Crippen LogP contribution in [0.15, 0.2) is 41.8 Å². The zero-order valence-electron chi connectivity index (χ0n) is 20.3. The van der Waals surface area contributed by atoms with Crippen LogP contribution in [0, 0.1) is 26.7 Å². The molecule has 1 N–H and O–H groups in total. The second-order valence-corrected chi connectivity index (χ2v) is 8.17. The van der Waals surface area contributed by atoms with E-state index < -0.39 is 0 Å². The smallest absolute Gasteiger partial charge is 0.124 e. The fourth-order valence-corrected chi connectivity index (χ4v) is 3.66. The first-order valence-corrected chi connectivity index (χ1v) is 11.4. The summed E-state index contributed by atoms with van der Waals surface area (Å²) in [6, 6.07) is 5.07. The molecule has 0 aromatic heterocycles. The van der Waals surface area contributed by atoms with Crippen molar-refractivity contribution in [2.45, 2.75) is 87.6 Å². The summed E-state index contributed by atoms with van der Waals surface area (Å²) in [6.45, 7) is 20.5. The SMILES string of the molecule is CC\C=C(OCC)/C(=C\NC(CC)C(C)C)C(=C/CC)/c1cc(C)c(C)cc1C. The third-order valence-corrected chi connectivity index (χ3v) is 5.47. The van der Waals surface area contributed by atoms with Gasteiger partial charge in [0.1, 0.15) is 5.76 Å². The maximum atomic E-state index is 6.13. The molecule has 0 fully saturated rings. The van der Waals surface area contributed by atoms with E-state index in [1.165, 1.54) is 27.8 Å². The fraction of sp³-hybridized carbons (Fsp3) is 0.556. The van der Waals surface area contributed by atoms with Crippen molar-refractivity contribution < 1.29 is 4.74 Å². The van der Waals surface area contributed by atoms with Crippen LogP contribution in [0.3, 0.4) is 0 Å². The Morgan fingerprint density at radius 2 is 1.55 bits per heavy atom. The summed E-state index contributed by atoms with van der Waals surface area (Å²) in [5.41, 5.74) is 7.68. The fourth-order valence-electron chi connectivity index (χ4n) is 3.66. The molecule has 0 aliphatic rings. The molecule has 1 atom stereocenters. The number of ether oxygens (including phenoxy) is 1. The van der Waals surface area contributed by atoms with E-state index in [4.69, 9.17) is 4.74 Å². The number of hydrogen-bond acceptors (Lipinski definition) is 2. The van der Waals surface area contributed by atoms with E-state index >= 15 is 0 Å². The average molecular weight is 398 g/mol. The van der Waals surface area contributed by atoms with E-state index in [2.05, 4.69) is 98.1 Å². The maximum Gasteiger partial charge on any atom is 0.124 e. The molecule has 1 unspecified atom stereocenters. The van der Waals surface area contributed by atoms with Gasteiger partial charge in [0.05, 0.1) is 6.61 Å². The van der Waals surface area contributed by atoms with Crippen LogP contribution >= 0.6 is 0 Å². The molecule has 2 nitrogen and oxygen atoms in total. The number of aryl methyl sites for hydroxylation is 3. The van der Waals surface area contributed by atoms with Crippen LogP contribution in [-0.4, -0.2) is 12.6 Å². The van der Waals surface area contributed by atoms with Crippen LogP contribution in [0.5, 0.6) is 0 Å². The standard InChI is InChI=1S/C27H43NO/c1-10-14-23(24-17-21(8)20(7)16-22(24)9)25(27(15-11-2)29-13-4)18-28-26(12-3)19(5)6/h14-19,26,28H,10-13H2,1-9H3/b23-14+,25-18-,27-15+. The molecule has 0 saturated carbocycles. The predicted molar refractivity (Wildman–Crippen MR) is 129 cm³/mol. The Kier molecular flexibility index (Phi) is 10.9. The van der Waals surface area contributed by atoms with E-state index in [0.29, 0.717) is 18.6 Å². The van der Waals surface area contributed by atoms with Gasteiger partial charge >= 0.3 is 0 Å². The van der Waals surface area contributed by atoms with Crippen molar-refractivity contribution >= 4 is 5.57 Å². The lowest BCUT2D eigenvalue weighted by atomic mass is 9.89. The van der Waals surface area contributed by atoms with Crippen LogP contribution < -0.4 is 5.32 Å². The predicted octanol–water partition coefficient (Wildman–Crippen LogP) is 7.64. The molecule has 0 aliphatic carbocycles. The van der Waals surface area contributed by atoms with Gasteiger partial charge in [-0.05, 0) is 86.8 Å². The van der Waals surface area contributed by atoms with Gasteiger partial charge in [0.2, 0.25) is 0 Å². The lowest BCUT2D eigenvalue weighted by Gasteiger charge is -2.23. The molecular formula is C27H43NO. The summed E-state index contributed by atoms with van der Waals surface area (Å²) in [5, 5.41) is 3.70. The molecule has 1 aromatic carbocycles. The summed E-state index contributed by atoms with van der Waals surface area (Å²) < 4.78 is 6.13. The van der Waals surface area contributed by atoms with E-state index in [9.17, 15) is 0 Å². The summed E-state index contributed by atoms with van der Waals surface area (Å²) >= 11 is 0. The summed E-state index contributed by atoms with van der Waals surface area (Å²) in [7, 11) is 0. The van der Waals surface area contributed by atoms with E-state index in [0.717, 1.165) is 30.6 Å². The Labute approximate surface area is 180 Å². The molecule has 2 heteroatoms. The molecule has 1 rings (SSSR count). The molecule has 0 radical (unpaired) electrons. The molecule has 0 spiro atoms. The lowest BCUT2D eigenvalue weighted by Crippen LogP contribution is -2.29. The van der Waals surface area contributed by atoms with Gasteiger partial charge in [0.15, 0.2) is 0 Å². The van der Waals surface area contributed by atoms with E-state index in [1.54, 1.807) is 0 Å². The lowest BCUT2D eigenvalue weighted by molar-refractivity contribution is 0.238. The minimum atomic E-state index is 0.443. The summed E-state index contributed by atoms with van der Waals surface area (Å²) in [6.07, 6.45) is 9.75. The highest BCUT2D eigenvalue weighted by Crippen LogP contribution is 2.33. The number of hydrogen-bond donors (Lipinski definition) is 1. The molecular weight excluding hydrogens is 354 g/mol. The largest absolute Gasteiger partial charge is 0.494 e. The van der Waals surface area contributed by atoms with E-state index in [1.807, 2.05) is 0 Å². The minimum absolute atomic E-state index is 0.443. The molecule has 0 saturated heterocycles. The molecule has 0 bridgehead atoms. The monoisotopic (exact) mass is 397 g/mol. The quantitative estimate of drug-likeness (QED) is 0.306. The highest BCUT2D eigenvalue weighted by atomic mass is 16.5. The highest BCUT2D eigenvalue weighted by molar-refractivity contribution is 5.84. The first kappa shape index (κ1) is 25.1. The Morgan fingerprint density at radius 3 is 2.07 bits per heavy atom. The molecule has 0 amide bonds. The number of rotatable bonds is 11. The van der Waals surface area contributed by atoms with Gasteiger partial charge in [-0.25, -0.2) is 0 Å². The second-order valence-electron chi connectivity index (χ2n) is 8.17. The molecule has 162 valence electrons. The van der Waals surface area contributed by atoms with Crippen LogP contribution in [0.1, 0.15) is 83.1 Å². The first-order valence-electron chi connectivity index (χ1n) is 11.4. The van der Waals surface area contributed by atoms with Gasteiger partial charge in [-0.1, -0.05) is 52.8 Å². The molecule has 1 aromatic rings. The van der Waals surface area contributed by atoms with Gasteiger partial charge in [-0.2, -0.15) is 0 Å². The zero-order chi connectivity index (χ0) is 22.0. The third kappa shape index (κ3) is 7.10. The van der Waals surface area contributed by atoms with Crippen molar-refractivity contribution in [3.05, 3.63) is 64.1 Å². The van der Waals surface area contributed by atoms with Crippen molar-refractivity contribution in [2.75, 3.05) is 6.61 Å².